The molecule has 1 atom stereocenters. The molecule has 0 saturated carbocycles. The van der Waals surface area contributed by atoms with E-state index in [1.807, 2.05) is 6.92 Å². The predicted octanol–water partition coefficient (Wildman–Crippen LogP) is 2.47. The molecular formula is C12H18Cl2N2O3S. The number of aliphatic hydroxyl groups excluding tert-OH is 1. The number of rotatable bonds is 8. The molecule has 0 saturated heterocycles. The number of hydrogen-bond donors (Lipinski definition) is 2. The number of aliphatic hydroxyl groups is 1. The molecule has 1 heterocycles. The number of nitrogens with one attached hydrogen (secondary N) is 1. The molecule has 20 heavy (non-hydrogen) atoms. The minimum Gasteiger partial charge on any atom is -0.396 e. The smallest absolute Gasteiger partial charge is 0.242 e. The third kappa shape index (κ3) is 5.18. The summed E-state index contributed by atoms with van der Waals surface area (Å²) in [6.07, 6.45) is 3.51. The van der Waals surface area contributed by atoms with E-state index in [1.165, 1.54) is 6.07 Å². The first-order chi connectivity index (χ1) is 9.40. The van der Waals surface area contributed by atoms with Crippen molar-refractivity contribution < 1.29 is 13.5 Å². The number of halogens is 2. The second-order valence-electron chi connectivity index (χ2n) is 4.46. The molecule has 5 nitrogen and oxygen atoms in total. The Labute approximate surface area is 129 Å². The highest BCUT2D eigenvalue weighted by atomic mass is 35.5. The maximum Gasteiger partial charge on any atom is 0.242 e. The Morgan fingerprint density at radius 2 is 2.10 bits per heavy atom. The maximum atomic E-state index is 12.1. The number of hydrogen-bond acceptors (Lipinski definition) is 4. The van der Waals surface area contributed by atoms with Crippen LogP contribution >= 0.6 is 23.2 Å². The summed E-state index contributed by atoms with van der Waals surface area (Å²) < 4.78 is 26.7. The molecule has 0 aliphatic carbocycles. The van der Waals surface area contributed by atoms with Crippen molar-refractivity contribution in [2.75, 3.05) is 13.2 Å². The lowest BCUT2D eigenvalue weighted by molar-refractivity contribution is 0.251. The lowest BCUT2D eigenvalue weighted by Gasteiger charge is -2.15. The van der Waals surface area contributed by atoms with Gasteiger partial charge in [-0.15, -0.1) is 0 Å². The van der Waals surface area contributed by atoms with E-state index >= 15 is 0 Å². The summed E-state index contributed by atoms with van der Waals surface area (Å²) in [5.41, 5.74) is 0. The second-order valence-corrected chi connectivity index (χ2v) is 6.99. The number of pyridine rings is 1. The minimum atomic E-state index is -3.67. The van der Waals surface area contributed by atoms with Gasteiger partial charge in [-0.3, -0.25) is 0 Å². The molecule has 0 spiro atoms. The SMILES string of the molecule is CCCC(CCO)CNS(=O)(=O)c1cnc(Cl)c(Cl)c1. The van der Waals surface area contributed by atoms with Crippen LogP contribution in [0.5, 0.6) is 0 Å². The normalized spacial score (nSPS) is 13.4. The Morgan fingerprint density at radius 1 is 1.40 bits per heavy atom. The Bertz CT molecular complexity index is 532. The lowest BCUT2D eigenvalue weighted by atomic mass is 10.0. The molecule has 0 aliphatic rings. The molecule has 0 bridgehead atoms. The molecule has 114 valence electrons. The van der Waals surface area contributed by atoms with Crippen molar-refractivity contribution in [1.82, 2.24) is 9.71 Å². The van der Waals surface area contributed by atoms with Crippen molar-refractivity contribution in [2.24, 2.45) is 5.92 Å². The fraction of sp³-hybridized carbons (Fsp3) is 0.583. The average molecular weight is 341 g/mol. The highest BCUT2D eigenvalue weighted by Gasteiger charge is 2.18. The zero-order valence-electron chi connectivity index (χ0n) is 11.1. The van der Waals surface area contributed by atoms with Crippen LogP contribution in [0.3, 0.4) is 0 Å². The molecule has 1 rings (SSSR count). The van der Waals surface area contributed by atoms with Crippen LogP contribution in [0.2, 0.25) is 10.2 Å². The average Bonchev–Trinajstić information content (AvgIpc) is 2.39. The van der Waals surface area contributed by atoms with E-state index in [-0.39, 0.29) is 34.1 Å². The predicted molar refractivity (Wildman–Crippen MR) is 79.5 cm³/mol. The lowest BCUT2D eigenvalue weighted by Crippen LogP contribution is -2.30. The van der Waals surface area contributed by atoms with Crippen molar-refractivity contribution in [1.29, 1.82) is 0 Å². The molecule has 8 heteroatoms. The molecule has 1 unspecified atom stereocenters. The van der Waals surface area contributed by atoms with Gasteiger partial charge in [-0.1, -0.05) is 36.5 Å². The van der Waals surface area contributed by atoms with E-state index in [0.717, 1.165) is 19.0 Å². The van der Waals surface area contributed by atoms with Crippen LogP contribution in [0.15, 0.2) is 17.2 Å². The highest BCUT2D eigenvalue weighted by Crippen LogP contribution is 2.22. The molecule has 1 aromatic heterocycles. The fourth-order valence-corrected chi connectivity index (χ4v) is 3.22. The summed E-state index contributed by atoms with van der Waals surface area (Å²) in [5, 5.41) is 9.11. The van der Waals surface area contributed by atoms with Gasteiger partial charge in [0.15, 0.2) is 0 Å². The fourth-order valence-electron chi connectivity index (χ4n) is 1.80. The Balaban J connectivity index is 2.75. The van der Waals surface area contributed by atoms with E-state index in [9.17, 15) is 8.42 Å². The molecule has 0 radical (unpaired) electrons. The minimum absolute atomic E-state index is 0.0221. The van der Waals surface area contributed by atoms with E-state index < -0.39 is 10.0 Å². The van der Waals surface area contributed by atoms with Gasteiger partial charge in [-0.2, -0.15) is 0 Å². The summed E-state index contributed by atoms with van der Waals surface area (Å²) in [6.45, 7) is 2.33. The van der Waals surface area contributed by atoms with Crippen LogP contribution in [-0.2, 0) is 10.0 Å². The summed E-state index contributed by atoms with van der Waals surface area (Å²) in [5.74, 6) is 0.107. The zero-order chi connectivity index (χ0) is 15.2. The zero-order valence-corrected chi connectivity index (χ0v) is 13.5. The van der Waals surface area contributed by atoms with Gasteiger partial charge in [0.25, 0.3) is 0 Å². The number of sulfonamides is 1. The Hall–Kier alpha value is -0.400. The van der Waals surface area contributed by atoms with Gasteiger partial charge in [-0.05, 0) is 24.8 Å². The molecule has 1 aromatic rings. The highest BCUT2D eigenvalue weighted by molar-refractivity contribution is 7.89. The first-order valence-corrected chi connectivity index (χ1v) is 8.56. The van der Waals surface area contributed by atoms with Crippen molar-refractivity contribution in [3.63, 3.8) is 0 Å². The van der Waals surface area contributed by atoms with Crippen LogP contribution in [0.1, 0.15) is 26.2 Å². The van der Waals surface area contributed by atoms with Gasteiger partial charge in [0.1, 0.15) is 10.0 Å². The molecule has 0 amide bonds. The van der Waals surface area contributed by atoms with E-state index in [4.69, 9.17) is 28.3 Å². The maximum absolute atomic E-state index is 12.1. The number of aromatic nitrogens is 1. The quantitative estimate of drug-likeness (QED) is 0.712. The monoisotopic (exact) mass is 340 g/mol. The van der Waals surface area contributed by atoms with Gasteiger partial charge in [0, 0.05) is 19.3 Å². The molecule has 0 aromatic carbocycles. The van der Waals surface area contributed by atoms with Crippen molar-refractivity contribution in [2.45, 2.75) is 31.1 Å². The Morgan fingerprint density at radius 3 is 2.65 bits per heavy atom. The third-order valence-electron chi connectivity index (χ3n) is 2.88. The summed E-state index contributed by atoms with van der Waals surface area (Å²) >= 11 is 11.4. The first kappa shape index (κ1) is 17.7. The largest absolute Gasteiger partial charge is 0.396 e. The van der Waals surface area contributed by atoms with Crippen LogP contribution in [0, 0.1) is 5.92 Å². The summed E-state index contributed by atoms with van der Waals surface area (Å²) in [7, 11) is -3.67. The topological polar surface area (TPSA) is 79.3 Å². The van der Waals surface area contributed by atoms with E-state index in [2.05, 4.69) is 9.71 Å². The van der Waals surface area contributed by atoms with Crippen LogP contribution in [0.25, 0.3) is 0 Å². The van der Waals surface area contributed by atoms with Crippen LogP contribution in [-0.4, -0.2) is 31.7 Å². The third-order valence-corrected chi connectivity index (χ3v) is 4.95. The van der Waals surface area contributed by atoms with Gasteiger partial charge >= 0.3 is 0 Å². The van der Waals surface area contributed by atoms with Gasteiger partial charge < -0.3 is 5.11 Å². The molecule has 0 fully saturated rings. The summed E-state index contributed by atoms with van der Waals surface area (Å²) in [4.78, 5) is 3.70. The van der Waals surface area contributed by atoms with Crippen LogP contribution < -0.4 is 4.72 Å². The molecule has 2 N–H and O–H groups in total. The summed E-state index contributed by atoms with van der Waals surface area (Å²) in [6, 6.07) is 1.26. The second kappa shape index (κ2) is 8.14. The van der Waals surface area contributed by atoms with E-state index in [0.29, 0.717) is 6.42 Å². The van der Waals surface area contributed by atoms with Gasteiger partial charge in [-0.25, -0.2) is 18.1 Å². The first-order valence-electron chi connectivity index (χ1n) is 6.32. The standard InChI is InChI=1S/C12H18Cl2N2O3S/c1-2-3-9(4-5-17)7-16-20(18,19)10-6-11(13)12(14)15-8-10/h6,8-9,16-17H,2-5,7H2,1H3. The number of nitrogens with zero attached hydrogens (tertiary/aromatic N) is 1. The van der Waals surface area contributed by atoms with Gasteiger partial charge in [0.05, 0.1) is 5.02 Å². The van der Waals surface area contributed by atoms with Crippen LogP contribution in [0.4, 0.5) is 0 Å². The Kier molecular flexibility index (Phi) is 7.19. The van der Waals surface area contributed by atoms with Crippen molar-refractivity contribution in [3.8, 4) is 0 Å². The molecule has 0 aliphatic heterocycles. The van der Waals surface area contributed by atoms with Gasteiger partial charge in [0.2, 0.25) is 10.0 Å². The van der Waals surface area contributed by atoms with Crippen molar-refractivity contribution in [3.05, 3.63) is 22.4 Å². The van der Waals surface area contributed by atoms with Crippen molar-refractivity contribution >= 4 is 33.2 Å². The molecular weight excluding hydrogens is 323 g/mol. The van der Waals surface area contributed by atoms with E-state index in [1.54, 1.807) is 0 Å².